The van der Waals surface area contributed by atoms with E-state index in [0.717, 1.165) is 43.1 Å². The topological polar surface area (TPSA) is 18.5 Å². The van der Waals surface area contributed by atoms with Crippen LogP contribution in [0.5, 0.6) is 11.5 Å². The number of methoxy groups -OCH3 is 2. The van der Waals surface area contributed by atoms with Gasteiger partial charge in [0.2, 0.25) is 11.6 Å². The predicted octanol–water partition coefficient (Wildman–Crippen LogP) is 10.7. The molecule has 2 aliphatic rings. The Morgan fingerprint density at radius 1 is 0.659 bits per heavy atom. The summed E-state index contributed by atoms with van der Waals surface area (Å²) in [6.45, 7) is 5.86. The smallest absolute Gasteiger partial charge is 0.201 e. The molecular formula is C35H44F4O2. The van der Waals surface area contributed by atoms with Gasteiger partial charge in [0.05, 0.1) is 14.2 Å². The second kappa shape index (κ2) is 14.1. The fourth-order valence-corrected chi connectivity index (χ4v) is 6.42. The molecule has 41 heavy (non-hydrogen) atoms. The molecule has 0 aromatic heterocycles. The minimum Gasteiger partial charge on any atom is -0.494 e. The van der Waals surface area contributed by atoms with Gasteiger partial charge in [-0.2, -0.15) is 8.78 Å². The Morgan fingerprint density at radius 3 is 1.71 bits per heavy atom. The average Bonchev–Trinajstić information content (AvgIpc) is 3.01. The lowest BCUT2D eigenvalue weighted by molar-refractivity contribution is 0.170. The molecule has 0 unspecified atom stereocenters. The Kier molecular flexibility index (Phi) is 10.5. The third kappa shape index (κ3) is 7.14. The standard InChI is InChI=1S/C21H28F2O.C14H12F2O.2H2/c1-3-14-4-6-15(7-5-14)16-8-10-17(11-9-16)18-12-13-19(24-2)21(23)20(18)22;1-9-3-5-10(6-4-9)11-7-8-12(17-2)14(16)13(11)15;;/h3,12-17H,1,4-11H2,2H3;3-8H,1-2H3;2*1H. The molecule has 6 heteroatoms. The first-order chi connectivity index (χ1) is 19.8. The predicted molar refractivity (Wildman–Crippen MR) is 161 cm³/mol. The number of hydrogen-bond acceptors (Lipinski definition) is 2. The molecule has 0 bridgehead atoms. The molecule has 2 fully saturated rings. The lowest BCUT2D eigenvalue weighted by atomic mass is 9.68. The van der Waals surface area contributed by atoms with Gasteiger partial charge in [-0.25, -0.2) is 8.78 Å². The zero-order valence-electron chi connectivity index (χ0n) is 24.2. The molecule has 0 heterocycles. The molecule has 2 nitrogen and oxygen atoms in total. The summed E-state index contributed by atoms with van der Waals surface area (Å²) in [5.74, 6) is -1.07. The average molecular weight is 573 g/mol. The van der Waals surface area contributed by atoms with E-state index in [0.29, 0.717) is 17.0 Å². The van der Waals surface area contributed by atoms with Crippen molar-refractivity contribution in [2.24, 2.45) is 17.8 Å². The van der Waals surface area contributed by atoms with Crippen molar-refractivity contribution in [3.8, 4) is 22.6 Å². The van der Waals surface area contributed by atoms with Gasteiger partial charge in [0, 0.05) is 8.42 Å². The number of halogens is 4. The maximum absolute atomic E-state index is 14.3. The van der Waals surface area contributed by atoms with Crippen molar-refractivity contribution in [1.82, 2.24) is 0 Å². The highest BCUT2D eigenvalue weighted by atomic mass is 19.2. The third-order valence-corrected chi connectivity index (χ3v) is 8.95. The summed E-state index contributed by atoms with van der Waals surface area (Å²) in [7, 11) is 2.67. The summed E-state index contributed by atoms with van der Waals surface area (Å²) in [5.41, 5.74) is 2.49. The van der Waals surface area contributed by atoms with Gasteiger partial charge < -0.3 is 9.47 Å². The van der Waals surface area contributed by atoms with E-state index in [9.17, 15) is 17.6 Å². The molecule has 3 aromatic carbocycles. The number of allylic oxidation sites excluding steroid dienone is 1. The van der Waals surface area contributed by atoms with Gasteiger partial charge in [0.25, 0.3) is 0 Å². The van der Waals surface area contributed by atoms with Crippen molar-refractivity contribution in [3.05, 3.63) is 95.6 Å². The lowest BCUT2D eigenvalue weighted by Gasteiger charge is -2.37. The zero-order valence-corrected chi connectivity index (χ0v) is 24.2. The molecule has 0 radical (unpaired) electrons. The molecule has 0 aliphatic heterocycles. The third-order valence-electron chi connectivity index (χ3n) is 8.95. The van der Waals surface area contributed by atoms with Crippen LogP contribution in [0.2, 0.25) is 0 Å². The van der Waals surface area contributed by atoms with Crippen LogP contribution in [0.1, 0.15) is 71.3 Å². The quantitative estimate of drug-likeness (QED) is 0.216. The Morgan fingerprint density at radius 2 is 1.17 bits per heavy atom. The maximum atomic E-state index is 14.3. The summed E-state index contributed by atoms with van der Waals surface area (Å²) in [4.78, 5) is 0. The van der Waals surface area contributed by atoms with Crippen LogP contribution in [0, 0.1) is 47.9 Å². The van der Waals surface area contributed by atoms with Gasteiger partial charge in [-0.05, 0) is 111 Å². The summed E-state index contributed by atoms with van der Waals surface area (Å²) in [6, 6.07) is 13.4. The highest BCUT2D eigenvalue weighted by molar-refractivity contribution is 5.65. The van der Waals surface area contributed by atoms with Crippen LogP contribution in [0.25, 0.3) is 11.1 Å². The minimum absolute atomic E-state index is 0. The van der Waals surface area contributed by atoms with E-state index in [1.165, 1.54) is 52.0 Å². The number of rotatable bonds is 6. The van der Waals surface area contributed by atoms with Crippen LogP contribution in [0.3, 0.4) is 0 Å². The van der Waals surface area contributed by atoms with Gasteiger partial charge in [0.1, 0.15) is 0 Å². The first kappa shape index (κ1) is 30.7. The molecule has 0 amide bonds. The number of ether oxygens (including phenoxy) is 2. The summed E-state index contributed by atoms with van der Waals surface area (Å²) >= 11 is 0. The van der Waals surface area contributed by atoms with Crippen molar-refractivity contribution < 1.29 is 29.9 Å². The monoisotopic (exact) mass is 572 g/mol. The second-order valence-corrected chi connectivity index (χ2v) is 11.3. The van der Waals surface area contributed by atoms with Crippen LogP contribution < -0.4 is 9.47 Å². The summed E-state index contributed by atoms with van der Waals surface area (Å²) in [5, 5.41) is 0. The molecule has 0 saturated heterocycles. The van der Waals surface area contributed by atoms with Crippen molar-refractivity contribution in [2.75, 3.05) is 14.2 Å². The van der Waals surface area contributed by atoms with Crippen molar-refractivity contribution in [1.29, 1.82) is 0 Å². The van der Waals surface area contributed by atoms with Crippen LogP contribution in [0.4, 0.5) is 17.6 Å². The SMILES string of the molecule is C=CC1CCC(C2CCC(c3ccc(OC)c(F)c3F)CC2)CC1.COc1ccc(-c2ccc(C)cc2)c(F)c1F.[HH].[HH]. The van der Waals surface area contributed by atoms with Crippen molar-refractivity contribution >= 4 is 0 Å². The van der Waals surface area contributed by atoms with E-state index in [2.05, 4.69) is 12.7 Å². The lowest BCUT2D eigenvalue weighted by Crippen LogP contribution is -2.25. The first-order valence-corrected chi connectivity index (χ1v) is 14.5. The Labute approximate surface area is 244 Å². The molecule has 2 saturated carbocycles. The van der Waals surface area contributed by atoms with Gasteiger partial charge >= 0.3 is 0 Å². The summed E-state index contributed by atoms with van der Waals surface area (Å²) in [6.07, 6.45) is 11.5. The largest absolute Gasteiger partial charge is 0.494 e. The van der Waals surface area contributed by atoms with Gasteiger partial charge in [-0.15, -0.1) is 6.58 Å². The van der Waals surface area contributed by atoms with E-state index in [4.69, 9.17) is 9.47 Å². The molecule has 0 spiro atoms. The second-order valence-electron chi connectivity index (χ2n) is 11.3. The molecule has 224 valence electrons. The first-order valence-electron chi connectivity index (χ1n) is 14.5. The zero-order chi connectivity index (χ0) is 29.5. The van der Waals surface area contributed by atoms with Crippen LogP contribution in [-0.2, 0) is 0 Å². The van der Waals surface area contributed by atoms with E-state index in [1.807, 2.05) is 19.1 Å². The minimum atomic E-state index is -0.953. The number of aryl methyl sites for hydroxylation is 1. The highest BCUT2D eigenvalue weighted by Crippen LogP contribution is 2.45. The van der Waals surface area contributed by atoms with E-state index in [1.54, 1.807) is 24.3 Å². The molecule has 2 aliphatic carbocycles. The van der Waals surface area contributed by atoms with E-state index in [-0.39, 0.29) is 25.8 Å². The Hall–Kier alpha value is -3.28. The molecule has 5 rings (SSSR count). The highest BCUT2D eigenvalue weighted by Gasteiger charge is 2.32. The summed E-state index contributed by atoms with van der Waals surface area (Å²) < 4.78 is 65.1. The fraction of sp³-hybridized carbons (Fsp3) is 0.429. The van der Waals surface area contributed by atoms with Crippen LogP contribution in [-0.4, -0.2) is 14.2 Å². The van der Waals surface area contributed by atoms with Crippen molar-refractivity contribution in [3.63, 3.8) is 0 Å². The van der Waals surface area contributed by atoms with Gasteiger partial charge in [-0.3, -0.25) is 0 Å². The Bertz CT molecular complexity index is 1320. The molecule has 3 aromatic rings. The van der Waals surface area contributed by atoms with Gasteiger partial charge in [-0.1, -0.05) is 42.0 Å². The Balaban J connectivity index is 0.000000302. The van der Waals surface area contributed by atoms with E-state index >= 15 is 0 Å². The van der Waals surface area contributed by atoms with Crippen molar-refractivity contribution in [2.45, 2.75) is 64.2 Å². The van der Waals surface area contributed by atoms with Gasteiger partial charge in [0.15, 0.2) is 23.1 Å². The van der Waals surface area contributed by atoms with E-state index < -0.39 is 23.3 Å². The number of benzene rings is 3. The van der Waals surface area contributed by atoms with Crippen LogP contribution >= 0.6 is 0 Å². The molecular weight excluding hydrogens is 528 g/mol. The fourth-order valence-electron chi connectivity index (χ4n) is 6.42. The number of hydrogen-bond donors (Lipinski definition) is 0. The molecule has 0 N–H and O–H groups in total. The van der Waals surface area contributed by atoms with Crippen LogP contribution in [0.15, 0.2) is 61.2 Å². The molecule has 0 atom stereocenters. The normalized spacial score (nSPS) is 22.3. The maximum Gasteiger partial charge on any atom is 0.201 e.